The van der Waals surface area contributed by atoms with Gasteiger partial charge in [0.25, 0.3) is 0 Å². The van der Waals surface area contributed by atoms with Gasteiger partial charge in [-0.3, -0.25) is 4.99 Å². The smallest absolute Gasteiger partial charge is 0.337 e. The number of ether oxygens (including phenoxy) is 1. The van der Waals surface area contributed by atoms with Crippen LogP contribution < -0.4 is 0 Å². The van der Waals surface area contributed by atoms with Crippen LogP contribution in [0.5, 0.6) is 5.88 Å². The lowest BCUT2D eigenvalue weighted by molar-refractivity contribution is 0.0601. The number of aliphatic imine (C=N–C) groups is 1. The number of carbonyl (C=O) groups is 1. The molecule has 23 heavy (non-hydrogen) atoms. The second-order valence-electron chi connectivity index (χ2n) is 4.87. The summed E-state index contributed by atoms with van der Waals surface area (Å²) in [7, 11) is 1.31. The van der Waals surface area contributed by atoms with Crippen molar-refractivity contribution in [2.75, 3.05) is 7.11 Å². The molecule has 1 aromatic heterocycles. The summed E-state index contributed by atoms with van der Waals surface area (Å²) in [4.78, 5) is 18.4. The largest absolute Gasteiger partial charge is 0.494 e. The van der Waals surface area contributed by atoms with Crippen molar-refractivity contribution in [2.45, 2.75) is 0 Å². The maximum absolute atomic E-state index is 13.4. The maximum atomic E-state index is 13.4. The van der Waals surface area contributed by atoms with Gasteiger partial charge in [0.1, 0.15) is 5.82 Å². The summed E-state index contributed by atoms with van der Waals surface area (Å²) in [5.41, 5.74) is 2.02. The number of halogens is 1. The Morgan fingerprint density at radius 2 is 2.00 bits per heavy atom. The SMILES string of the molecule is COC(=O)c1ccc(N=Cc2c(O)[nH]c3ccc(F)cc23)cc1. The van der Waals surface area contributed by atoms with Crippen molar-refractivity contribution in [3.63, 3.8) is 0 Å². The fourth-order valence-electron chi connectivity index (χ4n) is 2.24. The van der Waals surface area contributed by atoms with Crippen LogP contribution in [0.25, 0.3) is 10.9 Å². The standard InChI is InChI=1S/C17H13FN2O3/c1-23-17(22)10-2-5-12(6-3-10)19-9-14-13-8-11(18)4-7-15(13)20-16(14)21/h2-9,20-21H,1H3. The van der Waals surface area contributed by atoms with E-state index in [2.05, 4.69) is 14.7 Å². The fourth-order valence-corrected chi connectivity index (χ4v) is 2.24. The van der Waals surface area contributed by atoms with E-state index in [1.165, 1.54) is 25.5 Å². The van der Waals surface area contributed by atoms with E-state index in [1.54, 1.807) is 30.3 Å². The summed E-state index contributed by atoms with van der Waals surface area (Å²) in [6.45, 7) is 0. The Kier molecular flexibility index (Phi) is 3.80. The summed E-state index contributed by atoms with van der Waals surface area (Å²) in [6.07, 6.45) is 1.45. The molecule has 6 heteroatoms. The minimum atomic E-state index is -0.426. The van der Waals surface area contributed by atoms with Crippen LogP contribution in [-0.4, -0.2) is 29.4 Å². The Balaban J connectivity index is 1.92. The fraction of sp³-hybridized carbons (Fsp3) is 0.0588. The van der Waals surface area contributed by atoms with Gasteiger partial charge >= 0.3 is 5.97 Å². The molecule has 0 bridgehead atoms. The molecule has 0 unspecified atom stereocenters. The van der Waals surface area contributed by atoms with Crippen molar-refractivity contribution in [3.05, 3.63) is 59.4 Å². The van der Waals surface area contributed by atoms with Crippen LogP contribution in [0, 0.1) is 5.82 Å². The third-order valence-electron chi connectivity index (χ3n) is 3.41. The van der Waals surface area contributed by atoms with Crippen molar-refractivity contribution in [1.82, 2.24) is 4.98 Å². The lowest BCUT2D eigenvalue weighted by Crippen LogP contribution is -1.99. The predicted molar refractivity (Wildman–Crippen MR) is 85.0 cm³/mol. The molecule has 1 heterocycles. The monoisotopic (exact) mass is 312 g/mol. The molecule has 0 saturated carbocycles. The molecule has 2 aromatic carbocycles. The summed E-state index contributed by atoms with van der Waals surface area (Å²) in [6, 6.07) is 10.7. The first-order valence-corrected chi connectivity index (χ1v) is 6.81. The first-order chi connectivity index (χ1) is 11.1. The van der Waals surface area contributed by atoms with Crippen molar-refractivity contribution >= 4 is 28.8 Å². The van der Waals surface area contributed by atoms with E-state index in [0.717, 1.165) is 0 Å². The van der Waals surface area contributed by atoms with Gasteiger partial charge in [-0.05, 0) is 42.5 Å². The molecule has 3 rings (SSSR count). The third kappa shape index (κ3) is 2.91. The van der Waals surface area contributed by atoms with Crippen molar-refractivity contribution < 1.29 is 19.0 Å². The highest BCUT2D eigenvalue weighted by Crippen LogP contribution is 2.27. The molecular formula is C17H13FN2O3. The number of H-pyrrole nitrogens is 1. The van der Waals surface area contributed by atoms with Crippen LogP contribution in [0.1, 0.15) is 15.9 Å². The van der Waals surface area contributed by atoms with Gasteiger partial charge in [-0.2, -0.15) is 0 Å². The average Bonchev–Trinajstić information content (AvgIpc) is 2.87. The number of nitrogens with one attached hydrogen (secondary N) is 1. The Bertz CT molecular complexity index is 898. The minimum Gasteiger partial charge on any atom is -0.494 e. The van der Waals surface area contributed by atoms with Crippen molar-refractivity contribution in [2.24, 2.45) is 4.99 Å². The van der Waals surface area contributed by atoms with Gasteiger partial charge < -0.3 is 14.8 Å². The molecule has 0 saturated heterocycles. The molecule has 0 spiro atoms. The number of aromatic hydroxyl groups is 1. The van der Waals surface area contributed by atoms with Crippen LogP contribution >= 0.6 is 0 Å². The molecular weight excluding hydrogens is 299 g/mol. The van der Waals surface area contributed by atoms with Crippen LogP contribution in [-0.2, 0) is 4.74 Å². The van der Waals surface area contributed by atoms with E-state index in [1.807, 2.05) is 0 Å². The molecule has 3 aromatic rings. The zero-order valence-corrected chi connectivity index (χ0v) is 12.2. The lowest BCUT2D eigenvalue weighted by atomic mass is 10.2. The Morgan fingerprint density at radius 1 is 1.26 bits per heavy atom. The molecule has 0 amide bonds. The number of fused-ring (bicyclic) bond motifs is 1. The quantitative estimate of drug-likeness (QED) is 0.573. The summed E-state index contributed by atoms with van der Waals surface area (Å²) >= 11 is 0. The first-order valence-electron chi connectivity index (χ1n) is 6.81. The van der Waals surface area contributed by atoms with Gasteiger partial charge in [0, 0.05) is 17.1 Å². The molecule has 0 aliphatic rings. The molecule has 2 N–H and O–H groups in total. The highest BCUT2D eigenvalue weighted by molar-refractivity contribution is 6.02. The first kappa shape index (κ1) is 14.8. The molecule has 116 valence electrons. The van der Waals surface area contributed by atoms with E-state index in [0.29, 0.717) is 27.7 Å². The maximum Gasteiger partial charge on any atom is 0.337 e. The second kappa shape index (κ2) is 5.92. The number of aromatic amines is 1. The zero-order chi connectivity index (χ0) is 16.4. The van der Waals surface area contributed by atoms with Crippen LogP contribution in [0.4, 0.5) is 10.1 Å². The van der Waals surface area contributed by atoms with E-state index < -0.39 is 11.8 Å². The zero-order valence-electron chi connectivity index (χ0n) is 12.2. The summed E-state index contributed by atoms with van der Waals surface area (Å²) in [5, 5.41) is 10.5. The van der Waals surface area contributed by atoms with Gasteiger partial charge in [0.2, 0.25) is 0 Å². The molecule has 0 atom stereocenters. The summed E-state index contributed by atoms with van der Waals surface area (Å²) in [5.74, 6) is -0.903. The Hall–Kier alpha value is -3.15. The van der Waals surface area contributed by atoms with E-state index in [4.69, 9.17) is 0 Å². The number of hydrogen-bond donors (Lipinski definition) is 2. The van der Waals surface area contributed by atoms with Gasteiger partial charge in [-0.25, -0.2) is 9.18 Å². The average molecular weight is 312 g/mol. The Labute approximate surface area is 131 Å². The highest BCUT2D eigenvalue weighted by Gasteiger charge is 2.09. The highest BCUT2D eigenvalue weighted by atomic mass is 19.1. The number of rotatable bonds is 3. The molecule has 0 radical (unpaired) electrons. The number of carbonyl (C=O) groups excluding carboxylic acids is 1. The second-order valence-corrected chi connectivity index (χ2v) is 4.87. The van der Waals surface area contributed by atoms with Crippen LogP contribution in [0.15, 0.2) is 47.5 Å². The van der Waals surface area contributed by atoms with Crippen LogP contribution in [0.3, 0.4) is 0 Å². The number of benzene rings is 2. The molecule has 5 nitrogen and oxygen atoms in total. The van der Waals surface area contributed by atoms with Crippen molar-refractivity contribution in [3.8, 4) is 5.88 Å². The molecule has 0 fully saturated rings. The number of methoxy groups -OCH3 is 1. The van der Waals surface area contributed by atoms with E-state index in [-0.39, 0.29) is 5.88 Å². The normalized spacial score (nSPS) is 11.2. The van der Waals surface area contributed by atoms with Gasteiger partial charge in [-0.15, -0.1) is 0 Å². The van der Waals surface area contributed by atoms with E-state index in [9.17, 15) is 14.3 Å². The van der Waals surface area contributed by atoms with Gasteiger partial charge in [-0.1, -0.05) is 0 Å². The number of aromatic nitrogens is 1. The number of esters is 1. The molecule has 0 aliphatic heterocycles. The lowest BCUT2D eigenvalue weighted by Gasteiger charge is -1.99. The number of nitrogens with zero attached hydrogens (tertiary/aromatic N) is 1. The van der Waals surface area contributed by atoms with E-state index >= 15 is 0 Å². The molecule has 0 aliphatic carbocycles. The summed E-state index contributed by atoms with van der Waals surface area (Å²) < 4.78 is 18.0. The van der Waals surface area contributed by atoms with Gasteiger partial charge in [0.05, 0.1) is 23.9 Å². The minimum absolute atomic E-state index is 0.0828. The number of hydrogen-bond acceptors (Lipinski definition) is 4. The predicted octanol–water partition coefficient (Wildman–Crippen LogP) is 3.55. The Morgan fingerprint density at radius 3 is 2.70 bits per heavy atom. The topological polar surface area (TPSA) is 74.7 Å². The van der Waals surface area contributed by atoms with Crippen molar-refractivity contribution in [1.29, 1.82) is 0 Å². The van der Waals surface area contributed by atoms with Gasteiger partial charge in [0.15, 0.2) is 5.88 Å². The van der Waals surface area contributed by atoms with Crippen LogP contribution in [0.2, 0.25) is 0 Å². The third-order valence-corrected chi connectivity index (χ3v) is 3.41.